The molecule has 0 heterocycles. The van der Waals surface area contributed by atoms with E-state index in [1.54, 1.807) is 24.3 Å². The van der Waals surface area contributed by atoms with E-state index in [9.17, 15) is 13.2 Å². The molecule has 2 rings (SSSR count). The predicted octanol–water partition coefficient (Wildman–Crippen LogP) is 3.87. The van der Waals surface area contributed by atoms with Gasteiger partial charge in [0, 0.05) is 5.69 Å². The standard InChI is InChI=1S/C14H12F3NO/c15-14(16,17)12-3-1-2-4-13(12)19-9-10-5-7-11(18)8-6-10/h1-8H,9,18H2. The zero-order valence-corrected chi connectivity index (χ0v) is 9.95. The molecule has 0 aliphatic heterocycles. The fourth-order valence-electron chi connectivity index (χ4n) is 1.60. The van der Waals surface area contributed by atoms with Gasteiger partial charge >= 0.3 is 6.18 Å². The number of nitrogen functional groups attached to an aromatic ring is 1. The molecule has 0 aliphatic carbocycles. The Bertz CT molecular complexity index is 549. The first-order chi connectivity index (χ1) is 8.97. The Hall–Kier alpha value is -2.17. The lowest BCUT2D eigenvalue weighted by Gasteiger charge is -2.13. The Morgan fingerprint density at radius 3 is 2.21 bits per heavy atom. The first-order valence-electron chi connectivity index (χ1n) is 5.60. The van der Waals surface area contributed by atoms with Crippen LogP contribution in [0.25, 0.3) is 0 Å². The SMILES string of the molecule is Nc1ccc(COc2ccccc2C(F)(F)F)cc1. The molecular weight excluding hydrogens is 255 g/mol. The average molecular weight is 267 g/mol. The molecule has 0 aromatic heterocycles. The van der Waals surface area contributed by atoms with E-state index in [0.29, 0.717) is 5.69 Å². The summed E-state index contributed by atoms with van der Waals surface area (Å²) in [6, 6.07) is 11.9. The molecule has 2 aromatic carbocycles. The number of alkyl halides is 3. The van der Waals surface area contributed by atoms with Crippen LogP contribution in [-0.4, -0.2) is 0 Å². The number of hydrogen-bond donors (Lipinski definition) is 1. The summed E-state index contributed by atoms with van der Waals surface area (Å²) >= 11 is 0. The Kier molecular flexibility index (Phi) is 3.64. The van der Waals surface area contributed by atoms with Crippen molar-refractivity contribution in [3.05, 3.63) is 59.7 Å². The smallest absolute Gasteiger partial charge is 0.419 e. The Balaban J connectivity index is 2.14. The molecule has 5 heteroatoms. The Morgan fingerprint density at radius 2 is 1.58 bits per heavy atom. The molecule has 0 aliphatic rings. The van der Waals surface area contributed by atoms with Crippen LogP contribution in [0.1, 0.15) is 11.1 Å². The van der Waals surface area contributed by atoms with Gasteiger partial charge in [0.2, 0.25) is 0 Å². The number of ether oxygens (including phenoxy) is 1. The summed E-state index contributed by atoms with van der Waals surface area (Å²) in [5, 5.41) is 0. The van der Waals surface area contributed by atoms with E-state index in [-0.39, 0.29) is 12.4 Å². The van der Waals surface area contributed by atoms with Gasteiger partial charge in [0.05, 0.1) is 5.56 Å². The summed E-state index contributed by atoms with van der Waals surface area (Å²) in [5.41, 5.74) is 6.11. The van der Waals surface area contributed by atoms with Gasteiger partial charge in [0.25, 0.3) is 0 Å². The van der Waals surface area contributed by atoms with Crippen LogP contribution in [0.3, 0.4) is 0 Å². The fourth-order valence-corrected chi connectivity index (χ4v) is 1.60. The molecule has 0 saturated heterocycles. The van der Waals surface area contributed by atoms with Crippen LogP contribution in [0.4, 0.5) is 18.9 Å². The van der Waals surface area contributed by atoms with Crippen LogP contribution in [0, 0.1) is 0 Å². The van der Waals surface area contributed by atoms with Crippen molar-refractivity contribution >= 4 is 5.69 Å². The highest BCUT2D eigenvalue weighted by Gasteiger charge is 2.33. The third kappa shape index (κ3) is 3.40. The molecule has 0 radical (unpaired) electrons. The average Bonchev–Trinajstić information content (AvgIpc) is 2.37. The molecule has 0 spiro atoms. The summed E-state index contributed by atoms with van der Waals surface area (Å²) in [6.07, 6.45) is -4.42. The van der Waals surface area contributed by atoms with Gasteiger partial charge in [-0.2, -0.15) is 13.2 Å². The lowest BCUT2D eigenvalue weighted by Crippen LogP contribution is -2.08. The van der Waals surface area contributed by atoms with Crippen molar-refractivity contribution in [2.45, 2.75) is 12.8 Å². The second kappa shape index (κ2) is 5.22. The van der Waals surface area contributed by atoms with E-state index < -0.39 is 11.7 Å². The number of rotatable bonds is 3. The third-order valence-electron chi connectivity index (χ3n) is 2.57. The van der Waals surface area contributed by atoms with Crippen molar-refractivity contribution < 1.29 is 17.9 Å². The van der Waals surface area contributed by atoms with Gasteiger partial charge in [0.1, 0.15) is 12.4 Å². The minimum Gasteiger partial charge on any atom is -0.488 e. The molecule has 0 unspecified atom stereocenters. The normalized spacial score (nSPS) is 11.3. The molecule has 0 bridgehead atoms. The summed E-state index contributed by atoms with van der Waals surface area (Å²) in [6.45, 7) is 0.0629. The van der Waals surface area contributed by atoms with Gasteiger partial charge < -0.3 is 10.5 Å². The maximum absolute atomic E-state index is 12.7. The lowest BCUT2D eigenvalue weighted by molar-refractivity contribution is -0.139. The van der Waals surface area contributed by atoms with Gasteiger partial charge in [-0.25, -0.2) is 0 Å². The second-order valence-electron chi connectivity index (χ2n) is 4.02. The number of benzene rings is 2. The van der Waals surface area contributed by atoms with E-state index in [4.69, 9.17) is 10.5 Å². The van der Waals surface area contributed by atoms with Crippen molar-refractivity contribution in [1.82, 2.24) is 0 Å². The number of halogens is 3. The highest BCUT2D eigenvalue weighted by molar-refractivity contribution is 5.40. The molecular formula is C14H12F3NO. The van der Waals surface area contributed by atoms with E-state index >= 15 is 0 Å². The number of hydrogen-bond acceptors (Lipinski definition) is 2. The number of anilines is 1. The van der Waals surface area contributed by atoms with Crippen LogP contribution in [0.5, 0.6) is 5.75 Å². The van der Waals surface area contributed by atoms with Crippen LogP contribution < -0.4 is 10.5 Å². The third-order valence-corrected chi connectivity index (χ3v) is 2.57. The van der Waals surface area contributed by atoms with Crippen LogP contribution >= 0.6 is 0 Å². The summed E-state index contributed by atoms with van der Waals surface area (Å²) in [5.74, 6) is -0.174. The second-order valence-corrected chi connectivity index (χ2v) is 4.02. The highest BCUT2D eigenvalue weighted by Crippen LogP contribution is 2.36. The van der Waals surface area contributed by atoms with Crippen molar-refractivity contribution in [3.8, 4) is 5.75 Å². The molecule has 0 amide bonds. The number of para-hydroxylation sites is 1. The first-order valence-corrected chi connectivity index (χ1v) is 5.60. The summed E-state index contributed by atoms with van der Waals surface area (Å²) < 4.78 is 43.4. The predicted molar refractivity (Wildman–Crippen MR) is 66.6 cm³/mol. The monoisotopic (exact) mass is 267 g/mol. The van der Waals surface area contributed by atoms with Gasteiger partial charge in [-0.05, 0) is 29.8 Å². The maximum Gasteiger partial charge on any atom is 0.419 e. The van der Waals surface area contributed by atoms with Crippen molar-refractivity contribution in [3.63, 3.8) is 0 Å². The van der Waals surface area contributed by atoms with Crippen molar-refractivity contribution in [2.75, 3.05) is 5.73 Å². The highest BCUT2D eigenvalue weighted by atomic mass is 19.4. The number of nitrogens with two attached hydrogens (primary N) is 1. The fraction of sp³-hybridized carbons (Fsp3) is 0.143. The quantitative estimate of drug-likeness (QED) is 0.857. The Morgan fingerprint density at radius 1 is 0.947 bits per heavy atom. The lowest BCUT2D eigenvalue weighted by atomic mass is 10.2. The minimum atomic E-state index is -4.42. The summed E-state index contributed by atoms with van der Waals surface area (Å²) in [7, 11) is 0. The first kappa shape index (κ1) is 13.3. The van der Waals surface area contributed by atoms with Crippen LogP contribution in [0.15, 0.2) is 48.5 Å². The molecule has 19 heavy (non-hydrogen) atoms. The van der Waals surface area contributed by atoms with Crippen molar-refractivity contribution in [1.29, 1.82) is 0 Å². The van der Waals surface area contributed by atoms with Gasteiger partial charge in [-0.3, -0.25) is 0 Å². The van der Waals surface area contributed by atoms with Crippen LogP contribution in [-0.2, 0) is 12.8 Å². The molecule has 0 atom stereocenters. The molecule has 0 saturated carbocycles. The zero-order valence-electron chi connectivity index (χ0n) is 9.95. The molecule has 2 aromatic rings. The molecule has 0 fully saturated rings. The summed E-state index contributed by atoms with van der Waals surface area (Å²) in [4.78, 5) is 0. The zero-order chi connectivity index (χ0) is 13.9. The molecule has 2 nitrogen and oxygen atoms in total. The molecule has 100 valence electrons. The van der Waals surface area contributed by atoms with E-state index in [0.717, 1.165) is 11.6 Å². The van der Waals surface area contributed by atoms with Crippen molar-refractivity contribution in [2.24, 2.45) is 0 Å². The van der Waals surface area contributed by atoms with E-state index in [2.05, 4.69) is 0 Å². The Labute approximate surface area is 108 Å². The van der Waals surface area contributed by atoms with Gasteiger partial charge in [-0.15, -0.1) is 0 Å². The largest absolute Gasteiger partial charge is 0.488 e. The minimum absolute atomic E-state index is 0.0629. The maximum atomic E-state index is 12.7. The van der Waals surface area contributed by atoms with Gasteiger partial charge in [0.15, 0.2) is 0 Å². The molecule has 2 N–H and O–H groups in total. The van der Waals surface area contributed by atoms with E-state index in [1.165, 1.54) is 18.2 Å². The van der Waals surface area contributed by atoms with Crippen LogP contribution in [0.2, 0.25) is 0 Å². The van der Waals surface area contributed by atoms with Gasteiger partial charge in [-0.1, -0.05) is 24.3 Å². The van der Waals surface area contributed by atoms with E-state index in [1.807, 2.05) is 0 Å². The topological polar surface area (TPSA) is 35.2 Å².